The highest BCUT2D eigenvalue weighted by Gasteiger charge is 2.40. The van der Waals surface area contributed by atoms with Crippen molar-refractivity contribution >= 4 is 16.6 Å². The molecule has 4 rings (SSSR count). The molecule has 122 valence electrons. The van der Waals surface area contributed by atoms with Gasteiger partial charge in [-0.15, -0.1) is 0 Å². The predicted octanol–water partition coefficient (Wildman–Crippen LogP) is 4.86. The molecule has 0 saturated heterocycles. The molecule has 2 aromatic carbocycles. The average molecular weight is 324 g/mol. The van der Waals surface area contributed by atoms with Crippen LogP contribution in [0.2, 0.25) is 0 Å². The van der Waals surface area contributed by atoms with Crippen molar-refractivity contribution in [1.82, 2.24) is 4.98 Å². The lowest BCUT2D eigenvalue weighted by Gasteiger charge is -2.29. The summed E-state index contributed by atoms with van der Waals surface area (Å²) in [5.41, 5.74) is 3.66. The molecule has 1 aromatic heterocycles. The Morgan fingerprint density at radius 2 is 2.12 bits per heavy atom. The SMILES string of the molecule is CCC1(c2c[nH]c3c([N+](=O)[O-])cccc23)CCc2cc(F)ccc21. The molecule has 1 atom stereocenters. The fraction of sp³-hybridized carbons (Fsp3) is 0.263. The van der Waals surface area contributed by atoms with Crippen LogP contribution in [0.25, 0.3) is 10.9 Å². The first kappa shape index (κ1) is 14.9. The van der Waals surface area contributed by atoms with Gasteiger partial charge in [-0.25, -0.2) is 4.39 Å². The quantitative estimate of drug-likeness (QED) is 0.552. The number of para-hydroxylation sites is 1. The fourth-order valence-electron chi connectivity index (χ4n) is 4.24. The van der Waals surface area contributed by atoms with Gasteiger partial charge in [-0.05, 0) is 48.1 Å². The number of non-ortho nitro benzene ring substituents is 1. The van der Waals surface area contributed by atoms with Crippen molar-refractivity contribution < 1.29 is 9.31 Å². The molecule has 1 unspecified atom stereocenters. The Balaban J connectivity index is 1.97. The van der Waals surface area contributed by atoms with E-state index < -0.39 is 0 Å². The van der Waals surface area contributed by atoms with Crippen molar-refractivity contribution in [1.29, 1.82) is 0 Å². The molecule has 5 heteroatoms. The maximum Gasteiger partial charge on any atom is 0.293 e. The van der Waals surface area contributed by atoms with E-state index in [9.17, 15) is 14.5 Å². The highest BCUT2D eigenvalue weighted by molar-refractivity contribution is 5.92. The summed E-state index contributed by atoms with van der Waals surface area (Å²) in [5, 5.41) is 12.2. The molecule has 4 nitrogen and oxygen atoms in total. The van der Waals surface area contributed by atoms with E-state index in [1.165, 1.54) is 12.1 Å². The molecule has 24 heavy (non-hydrogen) atoms. The maximum absolute atomic E-state index is 13.6. The summed E-state index contributed by atoms with van der Waals surface area (Å²) in [5.74, 6) is -0.213. The van der Waals surface area contributed by atoms with Gasteiger partial charge in [-0.1, -0.05) is 25.1 Å². The maximum atomic E-state index is 13.6. The van der Waals surface area contributed by atoms with Crippen LogP contribution in [0.15, 0.2) is 42.6 Å². The second-order valence-electron chi connectivity index (χ2n) is 6.40. The Bertz CT molecular complexity index is 963. The van der Waals surface area contributed by atoms with Crippen molar-refractivity contribution in [2.45, 2.75) is 31.6 Å². The number of hydrogen-bond donors (Lipinski definition) is 1. The van der Waals surface area contributed by atoms with Crippen LogP contribution in [-0.4, -0.2) is 9.91 Å². The Kier molecular flexibility index (Phi) is 3.20. The van der Waals surface area contributed by atoms with Crippen LogP contribution in [0, 0.1) is 15.9 Å². The van der Waals surface area contributed by atoms with Crippen LogP contribution in [0.4, 0.5) is 10.1 Å². The lowest BCUT2D eigenvalue weighted by Crippen LogP contribution is -2.23. The zero-order chi connectivity index (χ0) is 16.9. The van der Waals surface area contributed by atoms with Crippen LogP contribution >= 0.6 is 0 Å². The first-order valence-corrected chi connectivity index (χ1v) is 8.10. The predicted molar refractivity (Wildman–Crippen MR) is 90.7 cm³/mol. The van der Waals surface area contributed by atoms with Gasteiger partial charge >= 0.3 is 0 Å². The summed E-state index contributed by atoms with van der Waals surface area (Å²) in [4.78, 5) is 14.0. The number of rotatable bonds is 3. The number of hydrogen-bond acceptors (Lipinski definition) is 2. The van der Waals surface area contributed by atoms with E-state index in [1.807, 2.05) is 18.3 Å². The zero-order valence-electron chi connectivity index (χ0n) is 13.3. The van der Waals surface area contributed by atoms with E-state index in [4.69, 9.17) is 0 Å². The Morgan fingerprint density at radius 3 is 2.88 bits per heavy atom. The molecule has 0 spiro atoms. The number of H-pyrrole nitrogens is 1. The van der Waals surface area contributed by atoms with Crippen molar-refractivity contribution in [3.05, 3.63) is 75.2 Å². The van der Waals surface area contributed by atoms with Crippen molar-refractivity contribution in [3.63, 3.8) is 0 Å². The van der Waals surface area contributed by atoms with Crippen LogP contribution < -0.4 is 0 Å². The third-order valence-electron chi connectivity index (χ3n) is 5.41. The molecule has 3 aromatic rings. The van der Waals surface area contributed by atoms with E-state index in [2.05, 4.69) is 11.9 Å². The number of nitro benzene ring substituents is 1. The van der Waals surface area contributed by atoms with Crippen LogP contribution in [-0.2, 0) is 11.8 Å². The number of benzene rings is 2. The van der Waals surface area contributed by atoms with E-state index in [0.717, 1.165) is 41.3 Å². The lowest BCUT2D eigenvalue weighted by molar-refractivity contribution is -0.383. The third kappa shape index (κ3) is 1.90. The molecule has 1 aliphatic carbocycles. The average Bonchev–Trinajstić information content (AvgIpc) is 3.16. The number of aryl methyl sites for hydroxylation is 1. The van der Waals surface area contributed by atoms with Crippen LogP contribution in [0.3, 0.4) is 0 Å². The summed E-state index contributed by atoms with van der Waals surface area (Å²) in [7, 11) is 0. The first-order chi connectivity index (χ1) is 11.6. The van der Waals surface area contributed by atoms with E-state index in [0.29, 0.717) is 5.52 Å². The van der Waals surface area contributed by atoms with Gasteiger partial charge in [0.2, 0.25) is 0 Å². The summed E-state index contributed by atoms with van der Waals surface area (Å²) < 4.78 is 13.6. The third-order valence-corrected chi connectivity index (χ3v) is 5.41. The summed E-state index contributed by atoms with van der Waals surface area (Å²) in [6.07, 6.45) is 4.46. The minimum atomic E-state index is -0.362. The molecule has 0 bridgehead atoms. The Labute approximate surface area is 138 Å². The van der Waals surface area contributed by atoms with Crippen LogP contribution in [0.5, 0.6) is 0 Å². The number of nitrogens with one attached hydrogen (secondary N) is 1. The normalized spacial score (nSPS) is 19.6. The Hall–Kier alpha value is -2.69. The number of aromatic nitrogens is 1. The van der Waals surface area contributed by atoms with Gasteiger partial charge in [0.05, 0.1) is 4.92 Å². The minimum Gasteiger partial charge on any atom is -0.355 e. The first-order valence-electron chi connectivity index (χ1n) is 8.10. The highest BCUT2D eigenvalue weighted by atomic mass is 19.1. The van der Waals surface area contributed by atoms with Crippen molar-refractivity contribution in [3.8, 4) is 0 Å². The molecule has 0 fully saturated rings. The smallest absolute Gasteiger partial charge is 0.293 e. The number of fused-ring (bicyclic) bond motifs is 2. The summed E-state index contributed by atoms with van der Waals surface area (Å²) in [6, 6.07) is 10.2. The van der Waals surface area contributed by atoms with Gasteiger partial charge in [0.15, 0.2) is 0 Å². The van der Waals surface area contributed by atoms with Crippen molar-refractivity contribution in [2.24, 2.45) is 0 Å². The molecule has 0 radical (unpaired) electrons. The van der Waals surface area contributed by atoms with Gasteiger partial charge in [0.1, 0.15) is 11.3 Å². The number of aromatic amines is 1. The van der Waals surface area contributed by atoms with Gasteiger partial charge in [-0.3, -0.25) is 10.1 Å². The molecule has 1 heterocycles. The standard InChI is InChI=1S/C19H17FN2O2/c1-2-19(9-8-12-10-13(20)6-7-15(12)19)16-11-21-18-14(16)4-3-5-17(18)22(23)24/h3-7,10-11,21H,2,8-9H2,1H3. The summed E-state index contributed by atoms with van der Waals surface area (Å²) >= 11 is 0. The molecular formula is C19H17FN2O2. The van der Waals surface area contributed by atoms with Crippen molar-refractivity contribution in [2.75, 3.05) is 0 Å². The van der Waals surface area contributed by atoms with E-state index >= 15 is 0 Å². The molecular weight excluding hydrogens is 307 g/mol. The minimum absolute atomic E-state index is 0.0855. The molecule has 0 saturated carbocycles. The van der Waals surface area contributed by atoms with Gasteiger partial charge in [-0.2, -0.15) is 0 Å². The van der Waals surface area contributed by atoms with E-state index in [1.54, 1.807) is 12.1 Å². The van der Waals surface area contributed by atoms with Gasteiger partial charge in [0, 0.05) is 23.1 Å². The summed E-state index contributed by atoms with van der Waals surface area (Å²) in [6.45, 7) is 2.12. The molecule has 1 N–H and O–H groups in total. The molecule has 0 amide bonds. The number of nitro groups is 1. The topological polar surface area (TPSA) is 58.9 Å². The Morgan fingerprint density at radius 1 is 1.29 bits per heavy atom. The van der Waals surface area contributed by atoms with Crippen LogP contribution in [0.1, 0.15) is 36.5 Å². The highest BCUT2D eigenvalue weighted by Crippen LogP contribution is 2.49. The van der Waals surface area contributed by atoms with Gasteiger partial charge in [0.25, 0.3) is 5.69 Å². The lowest BCUT2D eigenvalue weighted by atomic mass is 9.73. The second kappa shape index (κ2) is 5.16. The largest absolute Gasteiger partial charge is 0.355 e. The zero-order valence-corrected chi connectivity index (χ0v) is 13.3. The van der Waals surface area contributed by atoms with Gasteiger partial charge < -0.3 is 4.98 Å². The monoisotopic (exact) mass is 324 g/mol. The number of halogens is 1. The fourth-order valence-corrected chi connectivity index (χ4v) is 4.24. The van der Waals surface area contributed by atoms with E-state index in [-0.39, 0.29) is 21.8 Å². The second-order valence-corrected chi connectivity index (χ2v) is 6.40. The molecule has 0 aliphatic heterocycles. The number of nitrogens with zero attached hydrogens (tertiary/aromatic N) is 1. The molecule has 1 aliphatic rings.